The lowest BCUT2D eigenvalue weighted by Crippen LogP contribution is -2.21. The van der Waals surface area contributed by atoms with Gasteiger partial charge < -0.3 is 4.52 Å². The number of rotatable bonds is 3. The van der Waals surface area contributed by atoms with Gasteiger partial charge in [-0.2, -0.15) is 18.2 Å². The Balaban J connectivity index is 1.88. The third kappa shape index (κ3) is 3.16. The van der Waals surface area contributed by atoms with Gasteiger partial charge in [0.25, 0.3) is 11.7 Å². The summed E-state index contributed by atoms with van der Waals surface area (Å²) in [7, 11) is 0. The number of hydrogen-bond donors (Lipinski definition) is 0. The van der Waals surface area contributed by atoms with Gasteiger partial charge in [-0.1, -0.05) is 35.0 Å². The van der Waals surface area contributed by atoms with Gasteiger partial charge in [-0.15, -0.1) is 11.3 Å². The fourth-order valence-electron chi connectivity index (χ4n) is 1.86. The molecule has 0 aliphatic rings. The van der Waals surface area contributed by atoms with E-state index >= 15 is 0 Å². The van der Waals surface area contributed by atoms with Crippen LogP contribution in [0.15, 0.2) is 40.9 Å². The summed E-state index contributed by atoms with van der Waals surface area (Å²) in [6.07, 6.45) is -4.90. The number of carbonyl (C=O) groups is 1. The molecule has 1 aromatic carbocycles. The van der Waals surface area contributed by atoms with Gasteiger partial charge in [0.15, 0.2) is 0 Å². The number of thiophene rings is 1. The molecule has 0 fully saturated rings. The molecular formula is C15H9F3N2O2S. The molecule has 0 aliphatic heterocycles. The molecule has 0 aliphatic carbocycles. The Labute approximate surface area is 132 Å². The Hall–Kier alpha value is -2.48. The lowest BCUT2D eigenvalue weighted by atomic mass is 10.1. The molecule has 0 bridgehead atoms. The summed E-state index contributed by atoms with van der Waals surface area (Å²) in [5.41, 5.74) is 1.81. The predicted molar refractivity (Wildman–Crippen MR) is 78.2 cm³/mol. The lowest BCUT2D eigenvalue weighted by molar-refractivity contribution is -0.0882. The number of nitrogens with zero attached hydrogens (tertiary/aromatic N) is 2. The van der Waals surface area contributed by atoms with Crippen molar-refractivity contribution in [1.29, 1.82) is 0 Å². The zero-order chi connectivity index (χ0) is 16.6. The van der Waals surface area contributed by atoms with Gasteiger partial charge in [-0.25, -0.2) is 0 Å². The first-order valence-electron chi connectivity index (χ1n) is 6.47. The second kappa shape index (κ2) is 5.62. The minimum Gasteiger partial charge on any atom is -0.333 e. The number of Topliss-reactive ketones (excluding diaryl/α,β-unsaturated/α-hetero) is 1. The number of aromatic nitrogens is 2. The molecule has 0 spiro atoms. The molecule has 2 heterocycles. The average Bonchev–Trinajstić information content (AvgIpc) is 3.15. The van der Waals surface area contributed by atoms with Crippen LogP contribution in [0.5, 0.6) is 0 Å². The third-order valence-electron chi connectivity index (χ3n) is 3.03. The SMILES string of the molecule is Cc1ccc(-c2noc(-c3ccc(C(=O)C(F)(F)F)s3)n2)cc1. The van der Waals surface area contributed by atoms with Crippen LogP contribution in [0.1, 0.15) is 15.2 Å². The van der Waals surface area contributed by atoms with Gasteiger partial charge in [0.05, 0.1) is 9.75 Å². The summed E-state index contributed by atoms with van der Waals surface area (Å²) in [4.78, 5) is 15.2. The van der Waals surface area contributed by atoms with Crippen LogP contribution in [0.3, 0.4) is 0 Å². The molecule has 0 radical (unpaired) electrons. The Morgan fingerprint density at radius 1 is 1.13 bits per heavy atom. The number of ketones is 1. The maximum Gasteiger partial charge on any atom is 0.455 e. The van der Waals surface area contributed by atoms with E-state index in [2.05, 4.69) is 10.1 Å². The van der Waals surface area contributed by atoms with Crippen LogP contribution in [-0.4, -0.2) is 22.1 Å². The van der Waals surface area contributed by atoms with Crippen molar-refractivity contribution in [2.24, 2.45) is 0 Å². The Kier molecular flexibility index (Phi) is 3.77. The first-order valence-corrected chi connectivity index (χ1v) is 7.29. The molecule has 3 rings (SSSR count). The van der Waals surface area contributed by atoms with E-state index in [9.17, 15) is 18.0 Å². The van der Waals surface area contributed by atoms with Crippen molar-refractivity contribution in [1.82, 2.24) is 10.1 Å². The molecule has 0 saturated heterocycles. The van der Waals surface area contributed by atoms with Gasteiger partial charge in [0.2, 0.25) is 5.82 Å². The van der Waals surface area contributed by atoms with Gasteiger partial charge in [-0.3, -0.25) is 4.79 Å². The summed E-state index contributed by atoms with van der Waals surface area (Å²) in [6, 6.07) is 9.86. The highest BCUT2D eigenvalue weighted by Crippen LogP contribution is 2.32. The van der Waals surface area contributed by atoms with Crippen molar-refractivity contribution in [2.45, 2.75) is 13.1 Å². The fourth-order valence-corrected chi connectivity index (χ4v) is 2.75. The Morgan fingerprint density at radius 2 is 1.83 bits per heavy atom. The van der Waals surface area contributed by atoms with Crippen molar-refractivity contribution in [3.8, 4) is 22.2 Å². The molecule has 0 N–H and O–H groups in total. The molecule has 3 aromatic rings. The molecule has 23 heavy (non-hydrogen) atoms. The highest BCUT2D eigenvalue weighted by Gasteiger charge is 2.40. The van der Waals surface area contributed by atoms with E-state index in [1.165, 1.54) is 6.07 Å². The molecular weight excluding hydrogens is 329 g/mol. The number of carbonyl (C=O) groups excluding carboxylic acids is 1. The minimum absolute atomic E-state index is 0.0757. The van der Waals surface area contributed by atoms with Crippen molar-refractivity contribution in [2.75, 3.05) is 0 Å². The molecule has 0 amide bonds. The van der Waals surface area contributed by atoms with Crippen molar-refractivity contribution in [3.05, 3.63) is 46.8 Å². The van der Waals surface area contributed by atoms with E-state index in [4.69, 9.17) is 4.52 Å². The number of halogens is 3. The van der Waals surface area contributed by atoms with Crippen molar-refractivity contribution in [3.63, 3.8) is 0 Å². The van der Waals surface area contributed by atoms with E-state index in [1.807, 2.05) is 31.2 Å². The number of benzene rings is 1. The zero-order valence-electron chi connectivity index (χ0n) is 11.7. The molecule has 0 saturated carbocycles. The summed E-state index contributed by atoms with van der Waals surface area (Å²) < 4.78 is 42.3. The summed E-state index contributed by atoms with van der Waals surface area (Å²) >= 11 is 0.666. The van der Waals surface area contributed by atoms with Crippen LogP contribution in [0.25, 0.3) is 22.2 Å². The highest BCUT2D eigenvalue weighted by atomic mass is 32.1. The minimum atomic E-state index is -4.90. The van der Waals surface area contributed by atoms with Crippen LogP contribution in [0, 0.1) is 6.92 Å². The lowest BCUT2D eigenvalue weighted by Gasteiger charge is -2.00. The first-order chi connectivity index (χ1) is 10.8. The summed E-state index contributed by atoms with van der Waals surface area (Å²) in [5, 5.41) is 3.81. The van der Waals surface area contributed by atoms with Gasteiger partial charge in [0.1, 0.15) is 0 Å². The van der Waals surface area contributed by atoms with Crippen LogP contribution in [0.2, 0.25) is 0 Å². The molecule has 118 valence electrons. The van der Waals surface area contributed by atoms with Crippen LogP contribution < -0.4 is 0 Å². The Morgan fingerprint density at radius 3 is 2.48 bits per heavy atom. The summed E-state index contributed by atoms with van der Waals surface area (Å²) in [5.74, 6) is -1.48. The standard InChI is InChI=1S/C15H9F3N2O2S/c1-8-2-4-9(5-3-8)13-19-14(22-20-13)11-7-6-10(23-11)12(21)15(16,17)18/h2-7H,1H3. The number of hydrogen-bond acceptors (Lipinski definition) is 5. The van der Waals surface area contributed by atoms with E-state index in [0.717, 1.165) is 17.2 Å². The van der Waals surface area contributed by atoms with Gasteiger partial charge >= 0.3 is 6.18 Å². The number of aryl methyl sites for hydroxylation is 1. The second-order valence-corrected chi connectivity index (χ2v) is 5.86. The van der Waals surface area contributed by atoms with Gasteiger partial charge in [0, 0.05) is 5.56 Å². The van der Waals surface area contributed by atoms with E-state index in [0.29, 0.717) is 22.0 Å². The van der Waals surface area contributed by atoms with Crippen molar-refractivity contribution < 1.29 is 22.5 Å². The topological polar surface area (TPSA) is 56.0 Å². The number of alkyl halides is 3. The van der Waals surface area contributed by atoms with Crippen LogP contribution in [-0.2, 0) is 0 Å². The normalized spacial score (nSPS) is 11.7. The van der Waals surface area contributed by atoms with Crippen molar-refractivity contribution >= 4 is 17.1 Å². The highest BCUT2D eigenvalue weighted by molar-refractivity contribution is 7.17. The van der Waals surface area contributed by atoms with E-state index in [-0.39, 0.29) is 5.89 Å². The predicted octanol–water partition coefficient (Wildman–Crippen LogP) is 4.52. The molecule has 2 aromatic heterocycles. The molecule has 8 heteroatoms. The summed E-state index contributed by atoms with van der Waals surface area (Å²) in [6.45, 7) is 1.94. The smallest absolute Gasteiger partial charge is 0.333 e. The quantitative estimate of drug-likeness (QED) is 0.659. The van der Waals surface area contributed by atoms with Crippen LogP contribution in [0.4, 0.5) is 13.2 Å². The monoisotopic (exact) mass is 338 g/mol. The van der Waals surface area contributed by atoms with Gasteiger partial charge in [-0.05, 0) is 19.1 Å². The molecule has 0 atom stereocenters. The largest absolute Gasteiger partial charge is 0.455 e. The molecule has 0 unspecified atom stereocenters. The maximum absolute atomic E-state index is 12.4. The van der Waals surface area contributed by atoms with E-state index in [1.54, 1.807) is 0 Å². The molecule has 4 nitrogen and oxygen atoms in total. The Bertz CT molecular complexity index is 850. The average molecular weight is 338 g/mol. The third-order valence-corrected chi connectivity index (χ3v) is 4.11. The maximum atomic E-state index is 12.4. The zero-order valence-corrected chi connectivity index (χ0v) is 12.5. The first kappa shape index (κ1) is 15.4. The van der Waals surface area contributed by atoms with Crippen LogP contribution >= 0.6 is 11.3 Å². The van der Waals surface area contributed by atoms with E-state index < -0.39 is 16.8 Å². The fraction of sp³-hybridized carbons (Fsp3) is 0.133. The second-order valence-electron chi connectivity index (χ2n) is 4.78.